The van der Waals surface area contributed by atoms with E-state index >= 15 is 0 Å². The smallest absolute Gasteiger partial charge is 0.336 e. The quantitative estimate of drug-likeness (QED) is 0.520. The van der Waals surface area contributed by atoms with Crippen molar-refractivity contribution < 1.29 is 13.6 Å². The molecule has 0 amide bonds. The molecule has 1 N–H and O–H groups in total. The highest BCUT2D eigenvalue weighted by Gasteiger charge is 2.17. The van der Waals surface area contributed by atoms with Crippen LogP contribution in [-0.2, 0) is 6.54 Å². The fraction of sp³-hybridized carbons (Fsp3) is 0.136. The molecule has 0 aliphatic heterocycles. The van der Waals surface area contributed by atoms with Crippen LogP contribution in [0.2, 0.25) is 0 Å². The Balaban J connectivity index is 1.68. The van der Waals surface area contributed by atoms with Crippen LogP contribution in [0.1, 0.15) is 22.9 Å². The molecule has 0 aliphatic carbocycles. The van der Waals surface area contributed by atoms with E-state index in [2.05, 4.69) is 5.32 Å². The van der Waals surface area contributed by atoms with Gasteiger partial charge in [0.2, 0.25) is 0 Å². The Morgan fingerprint density at radius 1 is 1.04 bits per heavy atom. The lowest BCUT2D eigenvalue weighted by atomic mass is 10.0. The van der Waals surface area contributed by atoms with E-state index in [1.54, 1.807) is 19.4 Å². The van der Waals surface area contributed by atoms with Crippen LogP contribution in [0.5, 0.6) is 5.75 Å². The molecule has 1 atom stereocenters. The molecule has 5 nitrogen and oxygen atoms in total. The van der Waals surface area contributed by atoms with Crippen LogP contribution in [0.25, 0.3) is 11.0 Å². The molecule has 5 heteroatoms. The van der Waals surface area contributed by atoms with E-state index in [4.69, 9.17) is 13.6 Å². The number of hydrogen-bond donors (Lipinski definition) is 1. The van der Waals surface area contributed by atoms with Crippen LogP contribution >= 0.6 is 0 Å². The lowest BCUT2D eigenvalue weighted by Gasteiger charge is -2.18. The van der Waals surface area contributed by atoms with Crippen LogP contribution < -0.4 is 15.7 Å². The molecule has 0 aliphatic rings. The fourth-order valence-corrected chi connectivity index (χ4v) is 3.18. The molecule has 0 unspecified atom stereocenters. The monoisotopic (exact) mass is 361 g/mol. The average Bonchev–Trinajstić information content (AvgIpc) is 3.22. The zero-order chi connectivity index (χ0) is 18.6. The van der Waals surface area contributed by atoms with Gasteiger partial charge in [0.05, 0.1) is 19.4 Å². The van der Waals surface area contributed by atoms with Crippen LogP contribution in [0, 0.1) is 0 Å². The highest BCUT2D eigenvalue weighted by atomic mass is 16.5. The third-order valence-corrected chi connectivity index (χ3v) is 4.49. The summed E-state index contributed by atoms with van der Waals surface area (Å²) in [6.45, 7) is 0.481. The van der Waals surface area contributed by atoms with Crippen molar-refractivity contribution in [3.05, 3.63) is 100 Å². The first-order valence-electron chi connectivity index (χ1n) is 8.67. The Hall–Kier alpha value is -3.31. The number of fused-ring (bicyclic) bond motifs is 1. The van der Waals surface area contributed by atoms with Crippen LogP contribution in [0.3, 0.4) is 0 Å². The minimum Gasteiger partial charge on any atom is -0.497 e. The summed E-state index contributed by atoms with van der Waals surface area (Å²) in [5.41, 5.74) is 2.06. The van der Waals surface area contributed by atoms with Gasteiger partial charge < -0.3 is 13.6 Å². The number of rotatable bonds is 6. The maximum absolute atomic E-state index is 12.0. The summed E-state index contributed by atoms with van der Waals surface area (Å²) >= 11 is 0. The predicted molar refractivity (Wildman–Crippen MR) is 103 cm³/mol. The molecule has 0 fully saturated rings. The number of benzene rings is 2. The minimum absolute atomic E-state index is 0.123. The standard InChI is InChI=1S/C22H19NO4/c1-25-17-9-10-18-16(12-21(24)27-20(18)13-17)14-23-22(19-8-5-11-26-19)15-6-3-2-4-7-15/h2-13,22-23H,14H2,1H3/t22-/m1/s1. The molecule has 0 saturated carbocycles. The largest absolute Gasteiger partial charge is 0.497 e. The van der Waals surface area contributed by atoms with Crippen molar-refractivity contribution in [2.45, 2.75) is 12.6 Å². The summed E-state index contributed by atoms with van der Waals surface area (Å²) in [5, 5.41) is 4.37. The van der Waals surface area contributed by atoms with Gasteiger partial charge in [-0.25, -0.2) is 4.79 Å². The SMILES string of the molecule is COc1ccc2c(CN[C@H](c3ccccc3)c3ccco3)cc(=O)oc2c1. The molecule has 2 heterocycles. The number of methoxy groups -OCH3 is 1. The molecule has 0 bridgehead atoms. The van der Waals surface area contributed by atoms with Crippen molar-refractivity contribution in [2.75, 3.05) is 7.11 Å². The first-order chi connectivity index (χ1) is 13.2. The lowest BCUT2D eigenvalue weighted by Crippen LogP contribution is -2.22. The summed E-state index contributed by atoms with van der Waals surface area (Å²) in [6.07, 6.45) is 1.66. The molecule has 27 heavy (non-hydrogen) atoms. The van der Waals surface area contributed by atoms with Crippen molar-refractivity contribution in [3.63, 3.8) is 0 Å². The topological polar surface area (TPSA) is 64.6 Å². The fourth-order valence-electron chi connectivity index (χ4n) is 3.18. The molecule has 136 valence electrons. The van der Waals surface area contributed by atoms with Crippen molar-refractivity contribution in [1.82, 2.24) is 5.32 Å². The van der Waals surface area contributed by atoms with Gasteiger partial charge in [0.15, 0.2) is 0 Å². The first-order valence-corrected chi connectivity index (χ1v) is 8.67. The van der Waals surface area contributed by atoms with E-state index in [9.17, 15) is 4.79 Å². The van der Waals surface area contributed by atoms with Gasteiger partial charge in [-0.1, -0.05) is 30.3 Å². The second kappa shape index (κ2) is 7.51. The van der Waals surface area contributed by atoms with Gasteiger partial charge in [0.25, 0.3) is 0 Å². The van der Waals surface area contributed by atoms with E-state index in [0.29, 0.717) is 17.9 Å². The molecule has 4 rings (SSSR count). The Bertz CT molecular complexity index is 1080. The summed E-state index contributed by atoms with van der Waals surface area (Å²) in [5.74, 6) is 1.46. The van der Waals surface area contributed by atoms with Crippen molar-refractivity contribution in [1.29, 1.82) is 0 Å². The van der Waals surface area contributed by atoms with E-state index in [-0.39, 0.29) is 11.7 Å². The third kappa shape index (κ3) is 3.64. The number of furan rings is 1. The van der Waals surface area contributed by atoms with Gasteiger partial charge in [0, 0.05) is 24.1 Å². The number of nitrogens with one attached hydrogen (secondary N) is 1. The molecular weight excluding hydrogens is 342 g/mol. The number of hydrogen-bond acceptors (Lipinski definition) is 5. The number of ether oxygens (including phenoxy) is 1. The molecule has 2 aromatic carbocycles. The highest BCUT2D eigenvalue weighted by Crippen LogP contribution is 2.25. The first kappa shape index (κ1) is 17.1. The highest BCUT2D eigenvalue weighted by molar-refractivity contribution is 5.81. The van der Waals surface area contributed by atoms with Gasteiger partial charge >= 0.3 is 5.63 Å². The van der Waals surface area contributed by atoms with E-state index < -0.39 is 0 Å². The summed E-state index contributed by atoms with van der Waals surface area (Å²) < 4.78 is 16.2. The lowest BCUT2D eigenvalue weighted by molar-refractivity contribution is 0.414. The predicted octanol–water partition coefficient (Wildman–Crippen LogP) is 4.27. The zero-order valence-corrected chi connectivity index (χ0v) is 14.8. The summed E-state index contributed by atoms with van der Waals surface area (Å²) in [6, 6.07) is 20.7. The maximum Gasteiger partial charge on any atom is 0.336 e. The van der Waals surface area contributed by atoms with E-state index in [1.165, 1.54) is 6.07 Å². The van der Waals surface area contributed by atoms with Gasteiger partial charge in [0.1, 0.15) is 17.1 Å². The maximum atomic E-state index is 12.0. The van der Waals surface area contributed by atoms with Gasteiger partial charge in [-0.3, -0.25) is 5.32 Å². The summed E-state index contributed by atoms with van der Waals surface area (Å²) in [4.78, 5) is 12.0. The second-order valence-electron chi connectivity index (χ2n) is 6.19. The molecule has 0 radical (unpaired) electrons. The van der Waals surface area contributed by atoms with Gasteiger partial charge in [-0.05, 0) is 35.4 Å². The van der Waals surface area contributed by atoms with Crippen molar-refractivity contribution in [2.24, 2.45) is 0 Å². The Morgan fingerprint density at radius 2 is 1.89 bits per heavy atom. The minimum atomic E-state index is -0.387. The molecular formula is C22H19NO4. The Labute approximate surface area is 156 Å². The third-order valence-electron chi connectivity index (χ3n) is 4.49. The second-order valence-corrected chi connectivity index (χ2v) is 6.19. The normalized spacial score (nSPS) is 12.2. The summed E-state index contributed by atoms with van der Waals surface area (Å²) in [7, 11) is 1.58. The molecule has 4 aromatic rings. The van der Waals surface area contributed by atoms with E-state index in [0.717, 1.165) is 22.3 Å². The van der Waals surface area contributed by atoms with Gasteiger partial charge in [-0.15, -0.1) is 0 Å². The molecule has 0 saturated heterocycles. The van der Waals surface area contributed by atoms with E-state index in [1.807, 2.05) is 54.6 Å². The Morgan fingerprint density at radius 3 is 2.63 bits per heavy atom. The van der Waals surface area contributed by atoms with Crippen LogP contribution in [0.4, 0.5) is 0 Å². The van der Waals surface area contributed by atoms with Crippen molar-refractivity contribution >= 4 is 11.0 Å². The van der Waals surface area contributed by atoms with Crippen molar-refractivity contribution in [3.8, 4) is 5.75 Å². The molecule has 2 aromatic heterocycles. The van der Waals surface area contributed by atoms with Crippen LogP contribution in [-0.4, -0.2) is 7.11 Å². The Kier molecular flexibility index (Phi) is 4.77. The van der Waals surface area contributed by atoms with Gasteiger partial charge in [-0.2, -0.15) is 0 Å². The molecule has 0 spiro atoms. The zero-order valence-electron chi connectivity index (χ0n) is 14.8. The van der Waals surface area contributed by atoms with Crippen LogP contribution in [0.15, 0.2) is 86.6 Å². The average molecular weight is 361 g/mol.